The number of hydrogen-bond acceptors (Lipinski definition) is 3. The van der Waals surface area contributed by atoms with Gasteiger partial charge in [-0.15, -0.1) is 0 Å². The molecule has 0 unspecified atom stereocenters. The van der Waals surface area contributed by atoms with Crippen molar-refractivity contribution in [3.63, 3.8) is 0 Å². The van der Waals surface area contributed by atoms with Gasteiger partial charge in [0.1, 0.15) is 11.6 Å². The lowest BCUT2D eigenvalue weighted by Gasteiger charge is -2.24. The Morgan fingerprint density at radius 2 is 2.10 bits per heavy atom. The highest BCUT2D eigenvalue weighted by Gasteiger charge is 2.20. The summed E-state index contributed by atoms with van der Waals surface area (Å²) in [5, 5.41) is 13.6. The van der Waals surface area contributed by atoms with Gasteiger partial charge in [-0.2, -0.15) is 8.78 Å². The van der Waals surface area contributed by atoms with Crippen molar-refractivity contribution < 1.29 is 27.8 Å². The van der Waals surface area contributed by atoms with Crippen LogP contribution in [0.25, 0.3) is 0 Å². The molecular formula is C12H15F3N2O3. The smallest absolute Gasteiger partial charge is 0.387 e. The van der Waals surface area contributed by atoms with Crippen LogP contribution in [0.3, 0.4) is 0 Å². The first-order valence-electron chi connectivity index (χ1n) is 5.68. The van der Waals surface area contributed by atoms with E-state index >= 15 is 0 Å². The minimum absolute atomic E-state index is 0.239. The van der Waals surface area contributed by atoms with E-state index in [4.69, 9.17) is 5.11 Å². The third-order valence-corrected chi connectivity index (χ3v) is 2.25. The van der Waals surface area contributed by atoms with Gasteiger partial charge < -0.3 is 20.5 Å². The Labute approximate surface area is 113 Å². The van der Waals surface area contributed by atoms with Crippen molar-refractivity contribution in [2.75, 3.05) is 11.9 Å². The number of carbonyl (C=O) groups excluding carboxylic acids is 1. The summed E-state index contributed by atoms with van der Waals surface area (Å²) in [4.78, 5) is 11.6. The third-order valence-electron chi connectivity index (χ3n) is 2.25. The molecule has 1 aromatic rings. The molecule has 1 aromatic carbocycles. The summed E-state index contributed by atoms with van der Waals surface area (Å²) in [6, 6.07) is 1.98. The van der Waals surface area contributed by atoms with Gasteiger partial charge in [0.05, 0.1) is 17.8 Å². The maximum atomic E-state index is 13.1. The van der Waals surface area contributed by atoms with Crippen LogP contribution >= 0.6 is 0 Å². The van der Waals surface area contributed by atoms with Crippen molar-refractivity contribution >= 4 is 11.7 Å². The van der Waals surface area contributed by atoms with Crippen LogP contribution in [0.5, 0.6) is 5.75 Å². The number of aliphatic hydroxyl groups excluding tert-OH is 1. The molecule has 0 aliphatic carbocycles. The number of hydrogen-bond donors (Lipinski definition) is 3. The number of nitrogens with one attached hydrogen (secondary N) is 2. The molecule has 0 atom stereocenters. The molecule has 0 saturated carbocycles. The Morgan fingerprint density at radius 3 is 2.65 bits per heavy atom. The van der Waals surface area contributed by atoms with Crippen molar-refractivity contribution in [1.82, 2.24) is 5.32 Å². The van der Waals surface area contributed by atoms with Crippen molar-refractivity contribution in [2.45, 2.75) is 26.0 Å². The molecule has 2 amide bonds. The maximum Gasteiger partial charge on any atom is 0.387 e. The Hall–Kier alpha value is -1.96. The standard InChI is InChI=1S/C12H15F3N2O3/c1-12(2,6-18)17-11(19)16-8-5-7(13)3-4-9(8)20-10(14)15/h3-5,10,18H,6H2,1-2H3,(H2,16,17,19). The molecule has 112 valence electrons. The Kier molecular flexibility index (Phi) is 5.20. The van der Waals surface area contributed by atoms with Gasteiger partial charge in [0.25, 0.3) is 0 Å². The summed E-state index contributed by atoms with van der Waals surface area (Å²) in [6.45, 7) is -0.328. The first-order valence-corrected chi connectivity index (χ1v) is 5.68. The first-order chi connectivity index (χ1) is 9.23. The summed E-state index contributed by atoms with van der Waals surface area (Å²) in [5.74, 6) is -1.08. The highest BCUT2D eigenvalue weighted by Crippen LogP contribution is 2.27. The molecule has 0 bridgehead atoms. The van der Waals surface area contributed by atoms with E-state index in [0.29, 0.717) is 0 Å². The van der Waals surface area contributed by atoms with Gasteiger partial charge >= 0.3 is 12.6 Å². The van der Waals surface area contributed by atoms with Crippen LogP contribution < -0.4 is 15.4 Å². The molecule has 0 radical (unpaired) electrons. The van der Waals surface area contributed by atoms with Gasteiger partial charge in [0.2, 0.25) is 0 Å². The molecule has 8 heteroatoms. The largest absolute Gasteiger partial charge is 0.433 e. The van der Waals surface area contributed by atoms with Crippen LogP contribution in [-0.4, -0.2) is 29.9 Å². The van der Waals surface area contributed by atoms with E-state index in [1.165, 1.54) is 0 Å². The number of ether oxygens (including phenoxy) is 1. The highest BCUT2D eigenvalue weighted by atomic mass is 19.3. The number of urea groups is 1. The molecule has 0 heterocycles. The zero-order chi connectivity index (χ0) is 15.3. The van der Waals surface area contributed by atoms with Crippen LogP contribution in [0.1, 0.15) is 13.8 Å². The summed E-state index contributed by atoms with van der Waals surface area (Å²) < 4.78 is 41.6. The lowest BCUT2D eigenvalue weighted by molar-refractivity contribution is -0.0494. The quantitative estimate of drug-likeness (QED) is 0.780. The number of carbonyl (C=O) groups is 1. The van der Waals surface area contributed by atoms with E-state index in [9.17, 15) is 18.0 Å². The van der Waals surface area contributed by atoms with E-state index in [-0.39, 0.29) is 18.0 Å². The van der Waals surface area contributed by atoms with Crippen molar-refractivity contribution in [3.05, 3.63) is 24.0 Å². The first kappa shape index (κ1) is 16.1. The minimum atomic E-state index is -3.10. The lowest BCUT2D eigenvalue weighted by atomic mass is 10.1. The fourth-order valence-corrected chi connectivity index (χ4v) is 1.30. The topological polar surface area (TPSA) is 70.6 Å². The Bertz CT molecular complexity index is 481. The van der Waals surface area contributed by atoms with Crippen LogP contribution in [0, 0.1) is 5.82 Å². The van der Waals surface area contributed by atoms with Crippen LogP contribution in [0.15, 0.2) is 18.2 Å². The zero-order valence-corrected chi connectivity index (χ0v) is 10.9. The van der Waals surface area contributed by atoms with Crippen LogP contribution in [-0.2, 0) is 0 Å². The van der Waals surface area contributed by atoms with Gasteiger partial charge in [-0.05, 0) is 26.0 Å². The fraction of sp³-hybridized carbons (Fsp3) is 0.417. The summed E-state index contributed by atoms with van der Waals surface area (Å²) in [7, 11) is 0. The molecule has 0 fully saturated rings. The molecule has 0 aromatic heterocycles. The van der Waals surface area contributed by atoms with Gasteiger partial charge in [-0.3, -0.25) is 0 Å². The average Bonchev–Trinajstić information content (AvgIpc) is 2.31. The molecule has 20 heavy (non-hydrogen) atoms. The second-order valence-corrected chi connectivity index (χ2v) is 4.64. The van der Waals surface area contributed by atoms with Crippen molar-refractivity contribution in [3.8, 4) is 5.75 Å². The van der Waals surface area contributed by atoms with Gasteiger partial charge in [-0.25, -0.2) is 9.18 Å². The molecule has 1 rings (SSSR count). The van der Waals surface area contributed by atoms with Gasteiger partial charge in [0.15, 0.2) is 0 Å². The monoisotopic (exact) mass is 292 g/mol. The number of alkyl halides is 2. The number of amides is 2. The average molecular weight is 292 g/mol. The molecule has 0 aliphatic heterocycles. The fourth-order valence-electron chi connectivity index (χ4n) is 1.30. The molecule has 3 N–H and O–H groups in total. The van der Waals surface area contributed by atoms with Gasteiger partial charge in [-0.1, -0.05) is 0 Å². The predicted molar refractivity (Wildman–Crippen MR) is 66.4 cm³/mol. The maximum absolute atomic E-state index is 13.1. The number of benzene rings is 1. The second kappa shape index (κ2) is 6.47. The van der Waals surface area contributed by atoms with E-state index in [1.807, 2.05) is 0 Å². The van der Waals surface area contributed by atoms with E-state index < -0.39 is 24.0 Å². The lowest BCUT2D eigenvalue weighted by Crippen LogP contribution is -2.48. The highest BCUT2D eigenvalue weighted by molar-refractivity contribution is 5.91. The number of halogens is 3. The predicted octanol–water partition coefficient (Wildman–Crippen LogP) is 2.32. The number of aliphatic hydroxyl groups is 1. The normalized spacial score (nSPS) is 11.3. The van der Waals surface area contributed by atoms with Crippen LogP contribution in [0.4, 0.5) is 23.7 Å². The summed E-state index contributed by atoms with van der Waals surface area (Å²) in [6.07, 6.45) is 0. The molecular weight excluding hydrogens is 277 g/mol. The molecule has 0 spiro atoms. The third kappa shape index (κ3) is 4.96. The van der Waals surface area contributed by atoms with Crippen molar-refractivity contribution in [1.29, 1.82) is 0 Å². The minimum Gasteiger partial charge on any atom is -0.433 e. The summed E-state index contributed by atoms with van der Waals surface area (Å²) >= 11 is 0. The number of anilines is 1. The van der Waals surface area contributed by atoms with Crippen LogP contribution in [0.2, 0.25) is 0 Å². The SMILES string of the molecule is CC(C)(CO)NC(=O)Nc1cc(F)ccc1OC(F)F. The van der Waals surface area contributed by atoms with E-state index in [0.717, 1.165) is 18.2 Å². The van der Waals surface area contributed by atoms with Gasteiger partial charge in [0, 0.05) is 6.07 Å². The Morgan fingerprint density at radius 1 is 1.45 bits per heavy atom. The molecule has 0 aliphatic rings. The van der Waals surface area contributed by atoms with E-state index in [1.54, 1.807) is 13.8 Å². The summed E-state index contributed by atoms with van der Waals surface area (Å²) in [5.41, 5.74) is -1.15. The number of rotatable bonds is 5. The van der Waals surface area contributed by atoms with E-state index in [2.05, 4.69) is 15.4 Å². The Balaban J connectivity index is 2.85. The van der Waals surface area contributed by atoms with Crippen molar-refractivity contribution in [2.24, 2.45) is 0 Å². The molecule has 0 saturated heterocycles. The molecule has 5 nitrogen and oxygen atoms in total. The zero-order valence-electron chi connectivity index (χ0n) is 10.9. The second-order valence-electron chi connectivity index (χ2n) is 4.64.